The Morgan fingerprint density at radius 2 is 0.931 bits per heavy atom. The average molecular weight is 1120 g/mol. The normalized spacial score (nSPS) is 25.4. The lowest BCUT2D eigenvalue weighted by Crippen LogP contribution is -2.63. The van der Waals surface area contributed by atoms with Gasteiger partial charge in [0, 0.05) is 10.0 Å². The van der Waals surface area contributed by atoms with Crippen molar-refractivity contribution in [3.8, 4) is 11.5 Å². The van der Waals surface area contributed by atoms with Crippen molar-refractivity contribution in [2.75, 3.05) is 13.2 Å². The number of hydrogen-bond donors (Lipinski definition) is 5. The molecule has 19 heteroatoms. The number of phenols is 1. The van der Waals surface area contributed by atoms with Gasteiger partial charge in [-0.15, -0.1) is 0 Å². The van der Waals surface area contributed by atoms with Crippen molar-refractivity contribution >= 4 is 64.8 Å². The Morgan fingerprint density at radius 1 is 0.486 bits per heavy atom. The minimum Gasteiger partial charge on any atom is -0.544 e. The molecule has 0 unspecified atom stereocenters. The standard InChI is InChI=1S/C34H61ClO6Si5.C19H21ClO6/c1-42(2,3)36-24-30-32(39-44(7,8)9)34(41-46(13,14)15)33(40-45(10,11)12)31(37-30)26-18-21-29(35)27(23-26)22-25-16-19-28(20-17-25)38-43(4,5)6;20-14-6-3-11(8-12(14)7-10-1-4-13(22)5-2-10)19-18(25)17(24)16(23)15(9-21)26-19/h16-21,23,30-34H,22,24H2,1-15H3;1-6,8,15-19,21-25H,7,9H2/t30-,31+,32-,33+,34+;15-,16-,17+,18-,19+/m11/s1. The van der Waals surface area contributed by atoms with Crippen LogP contribution in [0.4, 0.5) is 0 Å². The Kier molecular flexibility index (Phi) is 20.9. The van der Waals surface area contributed by atoms with Crippen molar-refractivity contribution in [1.29, 1.82) is 0 Å². The molecular weight excluding hydrogens is 1040 g/mol. The summed E-state index contributed by atoms with van der Waals surface area (Å²) >= 11 is 13.1. The molecule has 0 spiro atoms. The second-order valence-corrected chi connectivity index (χ2v) is 47.1. The van der Waals surface area contributed by atoms with Gasteiger partial charge in [0.05, 0.1) is 13.2 Å². The molecule has 0 bridgehead atoms. The molecule has 2 saturated heterocycles. The van der Waals surface area contributed by atoms with E-state index in [0.717, 1.165) is 33.0 Å². The van der Waals surface area contributed by atoms with E-state index in [1.54, 1.807) is 42.5 Å². The Labute approximate surface area is 444 Å². The van der Waals surface area contributed by atoms with Gasteiger partial charge >= 0.3 is 0 Å². The van der Waals surface area contributed by atoms with Gasteiger partial charge in [0.1, 0.15) is 72.5 Å². The van der Waals surface area contributed by atoms with Gasteiger partial charge in [-0.25, -0.2) is 0 Å². The van der Waals surface area contributed by atoms with Gasteiger partial charge in [-0.1, -0.05) is 71.7 Å². The topological polar surface area (TPSA) is 166 Å². The van der Waals surface area contributed by atoms with Crippen LogP contribution in [0.3, 0.4) is 0 Å². The summed E-state index contributed by atoms with van der Waals surface area (Å²) in [4.78, 5) is 0. The second-order valence-electron chi connectivity index (χ2n) is 23.9. The summed E-state index contributed by atoms with van der Waals surface area (Å²) in [7, 11) is -9.60. The van der Waals surface area contributed by atoms with Gasteiger partial charge in [0.2, 0.25) is 8.32 Å². The lowest BCUT2D eigenvalue weighted by molar-refractivity contribution is -0.231. The molecule has 0 amide bonds. The van der Waals surface area contributed by atoms with Gasteiger partial charge < -0.3 is 57.1 Å². The lowest BCUT2D eigenvalue weighted by Gasteiger charge is -2.51. The van der Waals surface area contributed by atoms with Crippen LogP contribution in [0.2, 0.25) is 108 Å². The molecule has 5 N–H and O–H groups in total. The van der Waals surface area contributed by atoms with Gasteiger partial charge in [-0.2, -0.15) is 0 Å². The van der Waals surface area contributed by atoms with Gasteiger partial charge in [-0.3, -0.25) is 0 Å². The first-order chi connectivity index (χ1) is 33.2. The summed E-state index contributed by atoms with van der Waals surface area (Å²) in [5.74, 6) is 1.09. The van der Waals surface area contributed by atoms with Crippen LogP contribution in [-0.2, 0) is 40.0 Å². The van der Waals surface area contributed by atoms with Crippen LogP contribution >= 0.6 is 23.2 Å². The summed E-state index contributed by atoms with van der Waals surface area (Å²) in [6.07, 6.45) is -6.42. The summed E-state index contributed by atoms with van der Waals surface area (Å²) in [5.41, 5.74) is 5.57. The fourth-order valence-electron chi connectivity index (χ4n) is 8.55. The third-order valence-electron chi connectivity index (χ3n) is 11.5. The molecule has 4 aromatic carbocycles. The smallest absolute Gasteiger partial charge is 0.242 e. The highest BCUT2D eigenvalue weighted by atomic mass is 35.5. The first kappa shape index (κ1) is 60.6. The highest BCUT2D eigenvalue weighted by Crippen LogP contribution is 2.42. The highest BCUT2D eigenvalue weighted by molar-refractivity contribution is 6.71. The van der Waals surface area contributed by atoms with Gasteiger partial charge in [-0.05, 0) is 181 Å². The minimum absolute atomic E-state index is 0.176. The molecular formula is C53H82Cl2O12Si5. The zero-order chi connectivity index (χ0) is 53.7. The molecule has 6 rings (SSSR count). The number of benzene rings is 4. The molecule has 2 fully saturated rings. The number of ether oxygens (including phenoxy) is 2. The molecule has 72 heavy (non-hydrogen) atoms. The molecule has 4 aromatic rings. The maximum atomic E-state index is 10.3. The molecule has 10 atom stereocenters. The largest absolute Gasteiger partial charge is 0.544 e. The molecule has 2 heterocycles. The zero-order valence-electron chi connectivity index (χ0n) is 45.0. The van der Waals surface area contributed by atoms with Crippen molar-refractivity contribution in [2.24, 2.45) is 0 Å². The van der Waals surface area contributed by atoms with E-state index in [1.165, 1.54) is 5.56 Å². The molecule has 0 aromatic heterocycles. The quantitative estimate of drug-likeness (QED) is 0.0600. The van der Waals surface area contributed by atoms with Crippen molar-refractivity contribution in [3.05, 3.63) is 128 Å². The molecule has 0 saturated carbocycles. The van der Waals surface area contributed by atoms with Crippen molar-refractivity contribution in [2.45, 2.75) is 172 Å². The first-order valence-electron chi connectivity index (χ1n) is 24.9. The van der Waals surface area contributed by atoms with Crippen molar-refractivity contribution in [3.63, 3.8) is 0 Å². The summed E-state index contributed by atoms with van der Waals surface area (Å²) in [6.45, 7) is 33.3. The molecule has 0 aliphatic carbocycles. The van der Waals surface area contributed by atoms with E-state index in [0.29, 0.717) is 30.0 Å². The molecule has 2 aliphatic heterocycles. The monoisotopic (exact) mass is 1120 g/mol. The van der Waals surface area contributed by atoms with E-state index >= 15 is 0 Å². The van der Waals surface area contributed by atoms with Crippen LogP contribution in [0.1, 0.15) is 45.6 Å². The van der Waals surface area contributed by atoms with E-state index in [2.05, 4.69) is 135 Å². The van der Waals surface area contributed by atoms with Crippen LogP contribution < -0.4 is 4.43 Å². The Bertz CT molecular complexity index is 2350. The number of phenolic OH excluding ortho intramolecular Hbond substituents is 1. The third-order valence-corrected chi connectivity index (χ3v) is 17.1. The van der Waals surface area contributed by atoms with Crippen LogP contribution in [0.25, 0.3) is 0 Å². The highest BCUT2D eigenvalue weighted by Gasteiger charge is 2.52. The summed E-state index contributed by atoms with van der Waals surface area (Å²) in [5, 5.41) is 50.1. The predicted octanol–water partition coefficient (Wildman–Crippen LogP) is 11.2. The van der Waals surface area contributed by atoms with Crippen LogP contribution in [0.15, 0.2) is 84.9 Å². The number of aliphatic hydroxyl groups excluding tert-OH is 4. The molecule has 12 nitrogen and oxygen atoms in total. The Hall–Kier alpha value is -2.26. The van der Waals surface area contributed by atoms with E-state index in [1.807, 2.05) is 6.07 Å². The summed E-state index contributed by atoms with van der Waals surface area (Å²) < 4.78 is 46.5. The first-order valence-corrected chi connectivity index (χ1v) is 42.7. The number of aromatic hydroxyl groups is 1. The number of hydrogen-bond acceptors (Lipinski definition) is 12. The van der Waals surface area contributed by atoms with Crippen molar-refractivity contribution < 1.29 is 57.1 Å². The number of rotatable bonds is 18. The molecule has 2 aliphatic rings. The fraction of sp³-hybridized carbons (Fsp3) is 0.547. The van der Waals surface area contributed by atoms with Gasteiger partial charge in [0.25, 0.3) is 0 Å². The van der Waals surface area contributed by atoms with E-state index in [-0.39, 0.29) is 36.3 Å². The van der Waals surface area contributed by atoms with Crippen LogP contribution in [-0.4, -0.2) is 129 Å². The second kappa shape index (κ2) is 24.8. The maximum absolute atomic E-state index is 10.3. The van der Waals surface area contributed by atoms with Crippen LogP contribution in [0, 0.1) is 0 Å². The third kappa shape index (κ3) is 18.5. The van der Waals surface area contributed by atoms with E-state index in [4.69, 9.17) is 54.8 Å². The molecule has 0 radical (unpaired) electrons. The van der Waals surface area contributed by atoms with E-state index in [9.17, 15) is 25.5 Å². The number of halogens is 2. The molecule has 400 valence electrons. The fourth-order valence-corrected chi connectivity index (χ4v) is 13.7. The summed E-state index contributed by atoms with van der Waals surface area (Å²) in [6, 6.07) is 26.5. The van der Waals surface area contributed by atoms with Crippen LogP contribution in [0.5, 0.6) is 11.5 Å². The van der Waals surface area contributed by atoms with Gasteiger partial charge in [0.15, 0.2) is 33.3 Å². The zero-order valence-corrected chi connectivity index (χ0v) is 51.5. The maximum Gasteiger partial charge on any atom is 0.242 e. The van der Waals surface area contributed by atoms with Crippen molar-refractivity contribution in [1.82, 2.24) is 0 Å². The lowest BCUT2D eigenvalue weighted by atomic mass is 9.90. The van der Waals surface area contributed by atoms with E-state index < -0.39 is 78.7 Å². The predicted molar refractivity (Wildman–Crippen MR) is 301 cm³/mol. The minimum atomic E-state index is -2.05. The Morgan fingerprint density at radius 3 is 1.39 bits per heavy atom. The average Bonchev–Trinajstić information content (AvgIpc) is 3.25. The SMILES string of the molecule is C[Si](C)(C)OC[C@H]1O[C@@H](c2ccc(Cl)c(Cc3ccc(O[Si](C)(C)C)cc3)c2)[C@H](O[Si](C)(C)C)[C@@H](O[Si](C)(C)C)[C@@H]1O[Si](C)(C)C.OC[C@H]1O[C@@H](c2ccc(Cl)c(Cc3ccc(O)cc3)c2)[C@H](O)[C@@H](O)[C@@H]1O. The number of aliphatic hydroxyl groups is 4. The Balaban J connectivity index is 0.000000311.